The predicted octanol–water partition coefficient (Wildman–Crippen LogP) is 4.42. The zero-order valence-corrected chi connectivity index (χ0v) is 20.6. The molecule has 28 heavy (non-hydrogen) atoms. The molecule has 0 aromatic heterocycles. The Morgan fingerprint density at radius 3 is 2.64 bits per heavy atom. The smallest absolute Gasteiger partial charge is 0.193 e. The lowest BCUT2D eigenvalue weighted by molar-refractivity contribution is 0.326. The molecule has 2 unspecified atom stereocenters. The van der Waals surface area contributed by atoms with Crippen LogP contribution >= 0.6 is 35.7 Å². The summed E-state index contributed by atoms with van der Waals surface area (Å²) in [6.07, 6.45) is 3.84. The van der Waals surface area contributed by atoms with Crippen LogP contribution in [-0.4, -0.2) is 67.3 Å². The Morgan fingerprint density at radius 2 is 1.89 bits per heavy atom. The molecule has 0 radical (unpaired) electrons. The van der Waals surface area contributed by atoms with Gasteiger partial charge in [-0.05, 0) is 63.2 Å². The average molecular weight is 517 g/mol. The van der Waals surface area contributed by atoms with E-state index in [1.165, 1.54) is 49.5 Å². The molecule has 0 bridgehead atoms. The van der Waals surface area contributed by atoms with E-state index in [1.54, 1.807) is 0 Å². The van der Waals surface area contributed by atoms with E-state index in [0.29, 0.717) is 0 Å². The molecule has 0 aliphatic carbocycles. The van der Waals surface area contributed by atoms with E-state index >= 15 is 0 Å². The molecule has 2 atom stereocenters. The third-order valence-corrected chi connectivity index (χ3v) is 6.80. The summed E-state index contributed by atoms with van der Waals surface area (Å²) in [5.41, 5.74) is 0. The second-order valence-electron chi connectivity index (χ2n) is 7.87. The molecule has 0 spiro atoms. The van der Waals surface area contributed by atoms with Gasteiger partial charge in [0.05, 0.1) is 0 Å². The largest absolute Gasteiger partial charge is 0.357 e. The fraction of sp³-hybridized carbons (Fsp3) is 0.682. The SMILES string of the molecule is CCCN1CCC(CN=C(NCC)N2CCC(CSc3ccccc3)C2)C1.I. The van der Waals surface area contributed by atoms with Crippen molar-refractivity contribution in [2.45, 2.75) is 38.0 Å². The van der Waals surface area contributed by atoms with Gasteiger partial charge in [0.1, 0.15) is 0 Å². The van der Waals surface area contributed by atoms with Gasteiger partial charge in [-0.3, -0.25) is 4.99 Å². The van der Waals surface area contributed by atoms with Crippen LogP contribution in [0.15, 0.2) is 40.2 Å². The van der Waals surface area contributed by atoms with Gasteiger partial charge < -0.3 is 15.1 Å². The second-order valence-corrected chi connectivity index (χ2v) is 8.97. The van der Waals surface area contributed by atoms with Crippen LogP contribution in [0, 0.1) is 11.8 Å². The molecule has 1 N–H and O–H groups in total. The van der Waals surface area contributed by atoms with Crippen molar-refractivity contribution in [2.75, 3.05) is 51.6 Å². The summed E-state index contributed by atoms with van der Waals surface area (Å²) in [5, 5.41) is 3.53. The molecule has 3 rings (SSSR count). The third-order valence-electron chi connectivity index (χ3n) is 5.56. The van der Waals surface area contributed by atoms with Gasteiger partial charge in [0.2, 0.25) is 0 Å². The van der Waals surface area contributed by atoms with Gasteiger partial charge in [-0.25, -0.2) is 0 Å². The highest BCUT2D eigenvalue weighted by Crippen LogP contribution is 2.26. The van der Waals surface area contributed by atoms with Crippen molar-refractivity contribution in [1.82, 2.24) is 15.1 Å². The monoisotopic (exact) mass is 516 g/mol. The van der Waals surface area contributed by atoms with Crippen LogP contribution in [0.2, 0.25) is 0 Å². The summed E-state index contributed by atoms with van der Waals surface area (Å²) >= 11 is 1.99. The van der Waals surface area contributed by atoms with Crippen LogP contribution in [0.25, 0.3) is 0 Å². The van der Waals surface area contributed by atoms with E-state index in [2.05, 4.69) is 59.3 Å². The Balaban J connectivity index is 0.00000280. The average Bonchev–Trinajstić information content (AvgIpc) is 3.34. The summed E-state index contributed by atoms with van der Waals surface area (Å²) in [6.45, 7) is 12.4. The number of aliphatic imine (C=N–C) groups is 1. The number of hydrogen-bond donors (Lipinski definition) is 1. The molecule has 158 valence electrons. The Bertz CT molecular complexity index is 583. The highest BCUT2D eigenvalue weighted by molar-refractivity contribution is 14.0. The number of rotatable bonds is 8. The highest BCUT2D eigenvalue weighted by atomic mass is 127. The molecule has 4 nitrogen and oxygen atoms in total. The Labute approximate surface area is 192 Å². The Morgan fingerprint density at radius 1 is 1.11 bits per heavy atom. The zero-order chi connectivity index (χ0) is 18.9. The molecule has 2 saturated heterocycles. The van der Waals surface area contributed by atoms with Crippen molar-refractivity contribution in [3.05, 3.63) is 30.3 Å². The first-order valence-corrected chi connectivity index (χ1v) is 11.7. The number of nitrogens with zero attached hydrogens (tertiary/aromatic N) is 3. The molecule has 2 aliphatic heterocycles. The lowest BCUT2D eigenvalue weighted by Crippen LogP contribution is -2.40. The standard InChI is InChI=1S/C22H36N4S.HI/c1-3-12-25-13-10-19(16-25)15-24-22(23-4-2)26-14-11-20(17-26)18-27-21-8-6-5-7-9-21;/h5-9,19-20H,3-4,10-18H2,1-2H3,(H,23,24);1H. The number of hydrogen-bond acceptors (Lipinski definition) is 3. The van der Waals surface area contributed by atoms with Crippen molar-refractivity contribution in [1.29, 1.82) is 0 Å². The number of benzene rings is 1. The van der Waals surface area contributed by atoms with Crippen LogP contribution in [-0.2, 0) is 0 Å². The lowest BCUT2D eigenvalue weighted by Gasteiger charge is -2.22. The van der Waals surface area contributed by atoms with Gasteiger partial charge in [0.25, 0.3) is 0 Å². The number of guanidine groups is 1. The fourth-order valence-electron chi connectivity index (χ4n) is 4.11. The minimum atomic E-state index is 0. The predicted molar refractivity (Wildman–Crippen MR) is 133 cm³/mol. The lowest BCUT2D eigenvalue weighted by atomic mass is 10.1. The molecule has 1 aromatic carbocycles. The summed E-state index contributed by atoms with van der Waals surface area (Å²) in [4.78, 5) is 11.5. The Hall–Kier alpha value is -0.470. The van der Waals surface area contributed by atoms with E-state index < -0.39 is 0 Å². The van der Waals surface area contributed by atoms with E-state index in [4.69, 9.17) is 4.99 Å². The molecule has 2 fully saturated rings. The molecular formula is C22H37IN4S. The van der Waals surface area contributed by atoms with Gasteiger partial charge in [0, 0.05) is 43.4 Å². The number of nitrogens with one attached hydrogen (secondary N) is 1. The normalized spacial score (nSPS) is 23.1. The maximum atomic E-state index is 5.02. The Kier molecular flexibility index (Phi) is 11.0. The molecule has 2 heterocycles. The minimum absolute atomic E-state index is 0. The van der Waals surface area contributed by atoms with Crippen molar-refractivity contribution in [2.24, 2.45) is 16.8 Å². The van der Waals surface area contributed by atoms with Crippen molar-refractivity contribution < 1.29 is 0 Å². The van der Waals surface area contributed by atoms with Gasteiger partial charge in [-0.1, -0.05) is 25.1 Å². The topological polar surface area (TPSA) is 30.9 Å². The van der Waals surface area contributed by atoms with Crippen LogP contribution in [0.1, 0.15) is 33.1 Å². The van der Waals surface area contributed by atoms with Crippen LogP contribution in [0.5, 0.6) is 0 Å². The summed E-state index contributed by atoms with van der Waals surface area (Å²) < 4.78 is 0. The van der Waals surface area contributed by atoms with Gasteiger partial charge in [-0.2, -0.15) is 0 Å². The van der Waals surface area contributed by atoms with Crippen LogP contribution in [0.4, 0.5) is 0 Å². The molecular weight excluding hydrogens is 479 g/mol. The minimum Gasteiger partial charge on any atom is -0.357 e. The summed E-state index contributed by atoms with van der Waals surface area (Å²) in [5.74, 6) is 3.83. The van der Waals surface area contributed by atoms with E-state index in [-0.39, 0.29) is 24.0 Å². The maximum absolute atomic E-state index is 5.02. The van der Waals surface area contributed by atoms with Gasteiger partial charge in [0.15, 0.2) is 5.96 Å². The highest BCUT2D eigenvalue weighted by Gasteiger charge is 2.26. The van der Waals surface area contributed by atoms with Crippen LogP contribution < -0.4 is 5.32 Å². The third kappa shape index (κ3) is 7.41. The molecule has 1 aromatic rings. The van der Waals surface area contributed by atoms with E-state index in [1.807, 2.05) is 11.8 Å². The molecule has 0 amide bonds. The first kappa shape index (κ1) is 23.8. The van der Waals surface area contributed by atoms with Gasteiger partial charge >= 0.3 is 0 Å². The zero-order valence-electron chi connectivity index (χ0n) is 17.5. The summed E-state index contributed by atoms with van der Waals surface area (Å²) in [6, 6.07) is 10.8. The van der Waals surface area contributed by atoms with Crippen LogP contribution in [0.3, 0.4) is 0 Å². The number of thioether (sulfide) groups is 1. The van der Waals surface area contributed by atoms with Crippen molar-refractivity contribution in [3.63, 3.8) is 0 Å². The molecule has 2 aliphatic rings. The number of halogens is 1. The quantitative estimate of drug-likeness (QED) is 0.240. The first-order valence-electron chi connectivity index (χ1n) is 10.7. The van der Waals surface area contributed by atoms with Crippen molar-refractivity contribution >= 4 is 41.7 Å². The van der Waals surface area contributed by atoms with E-state index in [0.717, 1.165) is 44.0 Å². The van der Waals surface area contributed by atoms with E-state index in [9.17, 15) is 0 Å². The first-order chi connectivity index (χ1) is 13.3. The second kappa shape index (κ2) is 13.0. The molecule has 6 heteroatoms. The maximum Gasteiger partial charge on any atom is 0.193 e. The fourth-order valence-corrected chi connectivity index (χ4v) is 5.16. The number of likely N-dealkylation sites (tertiary alicyclic amines) is 2. The van der Waals surface area contributed by atoms with Gasteiger partial charge in [-0.15, -0.1) is 35.7 Å². The summed E-state index contributed by atoms with van der Waals surface area (Å²) in [7, 11) is 0. The molecule has 0 saturated carbocycles. The van der Waals surface area contributed by atoms with Crippen molar-refractivity contribution in [3.8, 4) is 0 Å².